The monoisotopic (exact) mass is 436 g/mol. The average Bonchev–Trinajstić information content (AvgIpc) is 3.39. The lowest BCUT2D eigenvalue weighted by molar-refractivity contribution is 0.00578. The molecule has 4 rings (SSSR count). The molecule has 0 amide bonds. The fraction of sp³-hybridized carbons (Fsp3) is 0.480. The minimum Gasteiger partial charge on any atom is -0.399 e. The number of aromatic amines is 1. The number of benzene rings is 1. The number of thiophene rings is 1. The fourth-order valence-corrected chi connectivity index (χ4v) is 4.49. The van der Waals surface area contributed by atoms with Gasteiger partial charge < -0.3 is 14.3 Å². The van der Waals surface area contributed by atoms with Gasteiger partial charge >= 0.3 is 7.12 Å². The lowest BCUT2D eigenvalue weighted by Crippen LogP contribution is -2.41. The number of hydrogen-bond acceptors (Lipinski definition) is 4. The minimum atomic E-state index is -0.323. The van der Waals surface area contributed by atoms with Crippen LogP contribution in [0, 0.1) is 5.41 Å². The van der Waals surface area contributed by atoms with Crippen molar-refractivity contribution in [2.45, 2.75) is 72.5 Å². The van der Waals surface area contributed by atoms with E-state index in [-0.39, 0.29) is 23.7 Å². The predicted octanol–water partition coefficient (Wildman–Crippen LogP) is 6.25. The third-order valence-corrected chi connectivity index (χ3v) is 8.05. The van der Waals surface area contributed by atoms with Crippen LogP contribution in [0.2, 0.25) is 0 Å². The molecule has 1 fully saturated rings. The molecule has 6 heteroatoms. The van der Waals surface area contributed by atoms with Crippen LogP contribution in [0.5, 0.6) is 0 Å². The second-order valence-electron chi connectivity index (χ2n) is 10.6. The lowest BCUT2D eigenvalue weighted by atomic mass is 9.82. The van der Waals surface area contributed by atoms with E-state index in [9.17, 15) is 0 Å². The maximum Gasteiger partial charge on any atom is 0.505 e. The number of hydrogen-bond donors (Lipinski definition) is 1. The molecule has 2 aromatic heterocycles. The van der Waals surface area contributed by atoms with Gasteiger partial charge in [-0.3, -0.25) is 0 Å². The molecule has 31 heavy (non-hydrogen) atoms. The minimum absolute atomic E-state index is 0.174. The number of nitrogens with one attached hydrogen (secondary N) is 1. The summed E-state index contributed by atoms with van der Waals surface area (Å²) in [5.74, 6) is 1.40. The van der Waals surface area contributed by atoms with Crippen LogP contribution in [-0.4, -0.2) is 28.3 Å². The Morgan fingerprint density at radius 1 is 0.935 bits per heavy atom. The summed E-state index contributed by atoms with van der Waals surface area (Å²) in [6, 6.07) is 12.9. The van der Waals surface area contributed by atoms with Gasteiger partial charge in [0, 0.05) is 15.6 Å². The Morgan fingerprint density at radius 2 is 1.52 bits per heavy atom. The molecule has 1 aliphatic heterocycles. The number of nitrogens with zero attached hydrogens (tertiary/aromatic N) is 1. The third-order valence-electron chi connectivity index (χ3n) is 6.90. The molecule has 1 atom stereocenters. The van der Waals surface area contributed by atoms with Crippen molar-refractivity contribution in [3.05, 3.63) is 48.4 Å². The van der Waals surface area contributed by atoms with Crippen molar-refractivity contribution in [1.29, 1.82) is 0 Å². The highest BCUT2D eigenvalue weighted by Gasteiger charge is 2.52. The zero-order chi connectivity index (χ0) is 22.6. The maximum absolute atomic E-state index is 6.20. The van der Waals surface area contributed by atoms with E-state index in [1.807, 2.05) is 6.20 Å². The molecule has 1 aromatic carbocycles. The van der Waals surface area contributed by atoms with Crippen molar-refractivity contribution in [1.82, 2.24) is 9.97 Å². The van der Waals surface area contributed by atoms with Gasteiger partial charge in [-0.05, 0) is 50.3 Å². The standard InChI is InChI=1S/C25H33BN2O2S/c1-16(23(2,3)4)22-27-15-19(28-22)17-9-11-18(12-10-17)20-13-14-21(31-20)26-29-24(5,6)25(7,8)30-26/h9-16H,1-8H3,(H,27,28)/t16-/m1/s1. The van der Waals surface area contributed by atoms with E-state index >= 15 is 0 Å². The van der Waals surface area contributed by atoms with Crippen LogP contribution in [-0.2, 0) is 9.31 Å². The van der Waals surface area contributed by atoms with E-state index in [2.05, 4.69) is 102 Å². The second kappa shape index (κ2) is 7.61. The van der Waals surface area contributed by atoms with E-state index in [0.717, 1.165) is 21.9 Å². The normalized spacial score (nSPS) is 19.0. The van der Waals surface area contributed by atoms with Crippen molar-refractivity contribution in [2.24, 2.45) is 5.41 Å². The highest BCUT2D eigenvalue weighted by Crippen LogP contribution is 2.38. The van der Waals surface area contributed by atoms with E-state index in [0.29, 0.717) is 5.92 Å². The summed E-state index contributed by atoms with van der Waals surface area (Å²) in [5.41, 5.74) is 2.92. The molecule has 0 aliphatic carbocycles. The van der Waals surface area contributed by atoms with E-state index < -0.39 is 0 Å². The quantitative estimate of drug-likeness (QED) is 0.492. The highest BCUT2D eigenvalue weighted by atomic mass is 32.1. The first-order valence-electron chi connectivity index (χ1n) is 11.0. The van der Waals surface area contributed by atoms with Gasteiger partial charge in [-0.1, -0.05) is 58.0 Å². The summed E-state index contributed by atoms with van der Waals surface area (Å²) in [6.07, 6.45) is 1.94. The first-order chi connectivity index (χ1) is 14.4. The van der Waals surface area contributed by atoms with Crippen molar-refractivity contribution in [3.8, 4) is 21.7 Å². The smallest absolute Gasteiger partial charge is 0.399 e. The number of rotatable bonds is 4. The molecular formula is C25H33BN2O2S. The third kappa shape index (κ3) is 4.26. The van der Waals surface area contributed by atoms with Crippen LogP contribution in [0.4, 0.5) is 0 Å². The van der Waals surface area contributed by atoms with Crippen molar-refractivity contribution in [3.63, 3.8) is 0 Å². The Labute approximate surface area is 190 Å². The van der Waals surface area contributed by atoms with Gasteiger partial charge in [0.05, 0.1) is 23.1 Å². The van der Waals surface area contributed by atoms with Gasteiger partial charge in [0.25, 0.3) is 0 Å². The molecule has 1 saturated heterocycles. The Kier molecular flexibility index (Phi) is 5.48. The fourth-order valence-electron chi connectivity index (χ4n) is 3.52. The molecule has 164 valence electrons. The number of aromatic nitrogens is 2. The van der Waals surface area contributed by atoms with Gasteiger partial charge in [0.15, 0.2) is 0 Å². The Bertz CT molecular complexity index is 1040. The molecule has 3 heterocycles. The van der Waals surface area contributed by atoms with Crippen LogP contribution in [0.15, 0.2) is 42.6 Å². The summed E-state index contributed by atoms with van der Waals surface area (Å²) < 4.78 is 13.5. The molecule has 4 nitrogen and oxygen atoms in total. The average molecular weight is 436 g/mol. The molecule has 0 bridgehead atoms. The van der Waals surface area contributed by atoms with Crippen molar-refractivity contribution < 1.29 is 9.31 Å². The molecule has 0 saturated carbocycles. The SMILES string of the molecule is C[C@H](c1ncc(-c2ccc(-c3ccc(B4OC(C)(C)C(C)(C)O4)s3)cc2)[nH]1)C(C)(C)C. The summed E-state index contributed by atoms with van der Waals surface area (Å²) >= 11 is 1.73. The van der Waals surface area contributed by atoms with Gasteiger partial charge in [0.1, 0.15) is 5.82 Å². The first kappa shape index (κ1) is 22.3. The summed E-state index contributed by atoms with van der Waals surface area (Å²) in [4.78, 5) is 9.35. The molecule has 0 radical (unpaired) electrons. The van der Waals surface area contributed by atoms with Crippen molar-refractivity contribution in [2.75, 3.05) is 0 Å². The van der Waals surface area contributed by atoms with Gasteiger partial charge in [-0.2, -0.15) is 0 Å². The Hall–Kier alpha value is -1.89. The second-order valence-corrected chi connectivity index (χ2v) is 11.8. The lowest BCUT2D eigenvalue weighted by Gasteiger charge is -2.32. The molecule has 0 unspecified atom stereocenters. The summed E-state index contributed by atoms with van der Waals surface area (Å²) in [6.45, 7) is 17.3. The van der Waals surface area contributed by atoms with Gasteiger partial charge in [0.2, 0.25) is 0 Å². The van der Waals surface area contributed by atoms with Crippen LogP contribution >= 0.6 is 11.3 Å². The summed E-state index contributed by atoms with van der Waals surface area (Å²) in [5, 5.41) is 0. The van der Waals surface area contributed by atoms with Crippen LogP contribution in [0.1, 0.15) is 67.1 Å². The number of H-pyrrole nitrogens is 1. The molecule has 1 aliphatic rings. The van der Waals surface area contributed by atoms with Crippen LogP contribution < -0.4 is 4.78 Å². The van der Waals surface area contributed by atoms with Crippen LogP contribution in [0.25, 0.3) is 21.7 Å². The predicted molar refractivity (Wildman–Crippen MR) is 131 cm³/mol. The van der Waals surface area contributed by atoms with Crippen molar-refractivity contribution >= 4 is 23.2 Å². The Morgan fingerprint density at radius 3 is 2.10 bits per heavy atom. The largest absolute Gasteiger partial charge is 0.505 e. The van der Waals surface area contributed by atoms with E-state index in [4.69, 9.17) is 9.31 Å². The highest BCUT2D eigenvalue weighted by molar-refractivity contribution is 7.25. The molecule has 1 N–H and O–H groups in total. The zero-order valence-electron chi connectivity index (χ0n) is 19.9. The number of imidazole rings is 1. The van der Waals surface area contributed by atoms with E-state index in [1.54, 1.807) is 11.3 Å². The van der Waals surface area contributed by atoms with Gasteiger partial charge in [-0.15, -0.1) is 11.3 Å². The molecule has 3 aromatic rings. The Balaban J connectivity index is 1.51. The summed E-state index contributed by atoms with van der Waals surface area (Å²) in [7, 11) is -0.309. The zero-order valence-corrected chi connectivity index (χ0v) is 20.7. The van der Waals surface area contributed by atoms with Crippen LogP contribution in [0.3, 0.4) is 0 Å². The first-order valence-corrected chi connectivity index (χ1v) is 11.8. The maximum atomic E-state index is 6.20. The molecular weight excluding hydrogens is 403 g/mol. The topological polar surface area (TPSA) is 47.1 Å². The molecule has 0 spiro atoms. The van der Waals surface area contributed by atoms with E-state index in [1.165, 1.54) is 10.4 Å². The van der Waals surface area contributed by atoms with Gasteiger partial charge in [-0.25, -0.2) is 4.98 Å².